The van der Waals surface area contributed by atoms with E-state index in [1.54, 1.807) is 6.92 Å². The average molecular weight is 261 g/mol. The van der Waals surface area contributed by atoms with Gasteiger partial charge in [-0.2, -0.15) is 0 Å². The Balaban J connectivity index is 2.07. The molecule has 0 radical (unpaired) electrons. The maximum atomic E-state index is 11.9. The van der Waals surface area contributed by atoms with Crippen LogP contribution in [-0.2, 0) is 10.0 Å². The van der Waals surface area contributed by atoms with Crippen LogP contribution in [0.4, 0.5) is 0 Å². The summed E-state index contributed by atoms with van der Waals surface area (Å²) in [6, 6.07) is 0.00107. The van der Waals surface area contributed by atoms with Crippen LogP contribution in [0.2, 0.25) is 0 Å². The number of aryl methyl sites for hydroxylation is 1. The van der Waals surface area contributed by atoms with E-state index in [0.29, 0.717) is 10.8 Å². The molecule has 0 aliphatic carbocycles. The molecular formula is C9H15N3O2S2. The van der Waals surface area contributed by atoms with Crippen molar-refractivity contribution in [3.05, 3.63) is 11.2 Å². The smallest absolute Gasteiger partial charge is 0.251 e. The maximum absolute atomic E-state index is 11.9. The van der Waals surface area contributed by atoms with Crippen molar-refractivity contribution in [1.29, 1.82) is 0 Å². The van der Waals surface area contributed by atoms with E-state index in [0.717, 1.165) is 24.4 Å². The molecule has 2 heterocycles. The lowest BCUT2D eigenvalue weighted by Crippen LogP contribution is -2.45. The van der Waals surface area contributed by atoms with Crippen LogP contribution in [0.15, 0.2) is 10.4 Å². The van der Waals surface area contributed by atoms with Gasteiger partial charge in [-0.05, 0) is 26.3 Å². The predicted octanol–water partition coefficient (Wildman–Crippen LogP) is 0.482. The molecule has 0 bridgehead atoms. The van der Waals surface area contributed by atoms with Gasteiger partial charge in [0, 0.05) is 12.6 Å². The van der Waals surface area contributed by atoms with Crippen LogP contribution in [0.1, 0.15) is 17.8 Å². The largest absolute Gasteiger partial charge is 0.315 e. The SMILES string of the molecule is Cc1ncc(S(=O)(=O)N[C@@H]2CCCNC2)s1. The number of rotatable bonds is 3. The molecule has 2 N–H and O–H groups in total. The molecule has 1 aromatic rings. The second-order valence-corrected chi connectivity index (χ2v) is 7.04. The minimum absolute atomic E-state index is 0.00107. The van der Waals surface area contributed by atoms with Gasteiger partial charge in [-0.1, -0.05) is 0 Å². The van der Waals surface area contributed by atoms with Crippen molar-refractivity contribution in [3.8, 4) is 0 Å². The molecule has 0 spiro atoms. The summed E-state index contributed by atoms with van der Waals surface area (Å²) in [5, 5.41) is 3.94. The summed E-state index contributed by atoms with van der Waals surface area (Å²) >= 11 is 1.20. The van der Waals surface area contributed by atoms with E-state index < -0.39 is 10.0 Å². The van der Waals surface area contributed by atoms with Crippen molar-refractivity contribution in [3.63, 3.8) is 0 Å². The Kier molecular flexibility index (Phi) is 3.58. The Hall–Kier alpha value is -0.500. The Labute approximate surface area is 99.3 Å². The number of nitrogens with one attached hydrogen (secondary N) is 2. The van der Waals surface area contributed by atoms with Gasteiger partial charge in [-0.3, -0.25) is 0 Å². The topological polar surface area (TPSA) is 71.1 Å². The van der Waals surface area contributed by atoms with Crippen molar-refractivity contribution >= 4 is 21.4 Å². The van der Waals surface area contributed by atoms with E-state index >= 15 is 0 Å². The lowest BCUT2D eigenvalue weighted by Gasteiger charge is -2.23. The molecule has 1 saturated heterocycles. The van der Waals surface area contributed by atoms with Crippen molar-refractivity contribution in [2.24, 2.45) is 0 Å². The van der Waals surface area contributed by atoms with Gasteiger partial charge in [0.2, 0.25) is 0 Å². The van der Waals surface area contributed by atoms with E-state index in [1.165, 1.54) is 17.5 Å². The molecule has 1 fully saturated rings. The second kappa shape index (κ2) is 4.79. The number of nitrogens with zero attached hydrogens (tertiary/aromatic N) is 1. The van der Waals surface area contributed by atoms with Gasteiger partial charge in [0.05, 0.1) is 11.2 Å². The molecule has 0 saturated carbocycles. The highest BCUT2D eigenvalue weighted by atomic mass is 32.2. The normalized spacial score (nSPS) is 22.2. The number of aromatic nitrogens is 1. The molecule has 0 amide bonds. The first kappa shape index (κ1) is 12.0. The summed E-state index contributed by atoms with van der Waals surface area (Å²) in [7, 11) is -3.37. The minimum atomic E-state index is -3.37. The summed E-state index contributed by atoms with van der Waals surface area (Å²) in [6.45, 7) is 3.47. The molecule has 1 aliphatic rings. The van der Waals surface area contributed by atoms with Gasteiger partial charge in [-0.15, -0.1) is 11.3 Å². The fourth-order valence-corrected chi connectivity index (χ4v) is 4.09. The summed E-state index contributed by atoms with van der Waals surface area (Å²) in [5.74, 6) is 0. The zero-order chi connectivity index (χ0) is 11.6. The Morgan fingerprint density at radius 3 is 3.00 bits per heavy atom. The highest BCUT2D eigenvalue weighted by molar-refractivity contribution is 7.91. The summed E-state index contributed by atoms with van der Waals surface area (Å²) < 4.78 is 26.9. The molecule has 1 atom stereocenters. The third kappa shape index (κ3) is 2.79. The molecule has 5 nitrogen and oxygen atoms in total. The van der Waals surface area contributed by atoms with Crippen LogP contribution in [-0.4, -0.2) is 32.5 Å². The van der Waals surface area contributed by atoms with E-state index in [2.05, 4.69) is 15.0 Å². The Bertz CT molecular complexity index is 449. The number of hydrogen-bond donors (Lipinski definition) is 2. The highest BCUT2D eigenvalue weighted by Gasteiger charge is 2.23. The molecular weight excluding hydrogens is 246 g/mol. The molecule has 0 aromatic carbocycles. The van der Waals surface area contributed by atoms with Crippen LogP contribution in [0.25, 0.3) is 0 Å². The van der Waals surface area contributed by atoms with Crippen molar-refractivity contribution in [2.75, 3.05) is 13.1 Å². The third-order valence-corrected chi connectivity index (χ3v) is 5.38. The predicted molar refractivity (Wildman–Crippen MR) is 63.1 cm³/mol. The molecule has 1 aromatic heterocycles. The standard InChI is InChI=1S/C9H15N3O2S2/c1-7-11-6-9(15-7)16(13,14)12-8-3-2-4-10-5-8/h6,8,10,12H,2-5H2,1H3/t8-/m1/s1. The molecule has 16 heavy (non-hydrogen) atoms. The summed E-state index contributed by atoms with van der Waals surface area (Å²) in [5.41, 5.74) is 0. The van der Waals surface area contributed by atoms with Gasteiger partial charge in [0.25, 0.3) is 10.0 Å². The third-order valence-electron chi connectivity index (χ3n) is 2.48. The quantitative estimate of drug-likeness (QED) is 0.830. The fourth-order valence-electron chi connectivity index (χ4n) is 1.70. The van der Waals surface area contributed by atoms with Crippen LogP contribution in [0, 0.1) is 6.92 Å². The summed E-state index contributed by atoms with van der Waals surface area (Å²) in [4.78, 5) is 3.96. The first-order chi connectivity index (χ1) is 7.58. The van der Waals surface area contributed by atoms with Crippen molar-refractivity contribution in [1.82, 2.24) is 15.0 Å². The number of hydrogen-bond acceptors (Lipinski definition) is 5. The van der Waals surface area contributed by atoms with Crippen LogP contribution >= 0.6 is 11.3 Å². The van der Waals surface area contributed by atoms with E-state index in [1.807, 2.05) is 0 Å². The number of piperidine rings is 1. The zero-order valence-corrected chi connectivity index (χ0v) is 10.7. The molecule has 7 heteroatoms. The number of sulfonamides is 1. The zero-order valence-electron chi connectivity index (χ0n) is 9.06. The first-order valence-corrected chi connectivity index (χ1v) is 7.53. The van der Waals surface area contributed by atoms with Crippen LogP contribution in [0.3, 0.4) is 0 Å². The van der Waals surface area contributed by atoms with Crippen molar-refractivity contribution in [2.45, 2.75) is 30.0 Å². The highest BCUT2D eigenvalue weighted by Crippen LogP contribution is 2.18. The van der Waals surface area contributed by atoms with Gasteiger partial charge in [-0.25, -0.2) is 18.1 Å². The van der Waals surface area contributed by atoms with Gasteiger partial charge < -0.3 is 5.32 Å². The molecule has 1 aliphatic heterocycles. The molecule has 0 unspecified atom stereocenters. The van der Waals surface area contributed by atoms with Gasteiger partial charge >= 0.3 is 0 Å². The van der Waals surface area contributed by atoms with E-state index in [-0.39, 0.29) is 6.04 Å². The lowest BCUT2D eigenvalue weighted by molar-refractivity contribution is 0.429. The lowest BCUT2D eigenvalue weighted by atomic mass is 10.1. The molecule has 90 valence electrons. The first-order valence-electron chi connectivity index (χ1n) is 5.23. The van der Waals surface area contributed by atoms with Crippen LogP contribution in [0.5, 0.6) is 0 Å². The van der Waals surface area contributed by atoms with Crippen LogP contribution < -0.4 is 10.0 Å². The van der Waals surface area contributed by atoms with E-state index in [4.69, 9.17) is 0 Å². The summed E-state index contributed by atoms with van der Waals surface area (Å²) in [6.07, 6.45) is 3.32. The van der Waals surface area contributed by atoms with Gasteiger partial charge in [0.15, 0.2) is 4.21 Å². The Morgan fingerprint density at radius 2 is 2.44 bits per heavy atom. The van der Waals surface area contributed by atoms with Gasteiger partial charge in [0.1, 0.15) is 0 Å². The molecule has 2 rings (SSSR count). The fraction of sp³-hybridized carbons (Fsp3) is 0.667. The average Bonchev–Trinajstić information content (AvgIpc) is 2.66. The second-order valence-electron chi connectivity index (χ2n) is 3.86. The van der Waals surface area contributed by atoms with E-state index in [9.17, 15) is 8.42 Å². The minimum Gasteiger partial charge on any atom is -0.315 e. The van der Waals surface area contributed by atoms with Crippen molar-refractivity contribution < 1.29 is 8.42 Å². The Morgan fingerprint density at radius 1 is 1.62 bits per heavy atom. The monoisotopic (exact) mass is 261 g/mol. The number of thiazole rings is 1. The maximum Gasteiger partial charge on any atom is 0.251 e.